The van der Waals surface area contributed by atoms with E-state index in [0.29, 0.717) is 5.11 Å². The zero-order chi connectivity index (χ0) is 15.1. The van der Waals surface area contributed by atoms with Crippen molar-refractivity contribution >= 4 is 34.6 Å². The summed E-state index contributed by atoms with van der Waals surface area (Å²) in [5.74, 6) is 0. The summed E-state index contributed by atoms with van der Waals surface area (Å²) in [7, 11) is 0. The highest BCUT2D eigenvalue weighted by Crippen LogP contribution is 2.12. The number of hydrogen-bond donors (Lipinski definition) is 2. The highest BCUT2D eigenvalue weighted by Gasteiger charge is 2.15. The highest BCUT2D eigenvalue weighted by atomic mass is 35.5. The Hall–Kier alpha value is -1.17. The first-order valence-electron chi connectivity index (χ1n) is 7.17. The molecule has 0 aromatic heterocycles. The number of benzene rings is 1. The monoisotopic (exact) mass is 325 g/mol. The van der Waals surface area contributed by atoms with Crippen LogP contribution in [0, 0.1) is 0 Å². The molecule has 6 heteroatoms. The van der Waals surface area contributed by atoms with Crippen molar-refractivity contribution in [3.63, 3.8) is 0 Å². The van der Waals surface area contributed by atoms with Gasteiger partial charge in [-0.3, -0.25) is 5.43 Å². The molecule has 1 aromatic carbocycles. The maximum Gasteiger partial charge on any atom is 0.187 e. The van der Waals surface area contributed by atoms with Crippen LogP contribution in [0.4, 0.5) is 0 Å². The first kappa shape index (κ1) is 16.2. The van der Waals surface area contributed by atoms with Crippen molar-refractivity contribution in [1.82, 2.24) is 10.7 Å². The van der Waals surface area contributed by atoms with Crippen LogP contribution in [0.1, 0.15) is 31.7 Å². The van der Waals surface area contributed by atoms with Gasteiger partial charge >= 0.3 is 0 Å². The molecule has 21 heavy (non-hydrogen) atoms. The lowest BCUT2D eigenvalue weighted by atomic mass is 10.1. The van der Waals surface area contributed by atoms with Crippen molar-refractivity contribution in [2.45, 2.75) is 32.3 Å². The third-order valence-electron chi connectivity index (χ3n) is 3.32. The fourth-order valence-corrected chi connectivity index (χ4v) is 2.41. The molecule has 1 heterocycles. The molecular weight excluding hydrogens is 306 g/mol. The second-order valence-corrected chi connectivity index (χ2v) is 5.72. The molecule has 1 aromatic rings. The summed E-state index contributed by atoms with van der Waals surface area (Å²) in [4.78, 5) is 0. The van der Waals surface area contributed by atoms with E-state index >= 15 is 0 Å². The largest absolute Gasteiger partial charge is 0.376 e. The zero-order valence-electron chi connectivity index (χ0n) is 12.1. The fourth-order valence-electron chi connectivity index (χ4n) is 2.16. The molecule has 1 atom stereocenters. The lowest BCUT2D eigenvalue weighted by molar-refractivity contribution is 0.114. The third kappa shape index (κ3) is 5.26. The lowest BCUT2D eigenvalue weighted by Crippen LogP contribution is -2.37. The van der Waals surface area contributed by atoms with Crippen molar-refractivity contribution in [2.24, 2.45) is 5.10 Å². The van der Waals surface area contributed by atoms with Crippen LogP contribution in [-0.4, -0.2) is 30.1 Å². The molecule has 0 saturated carbocycles. The van der Waals surface area contributed by atoms with Crippen molar-refractivity contribution in [3.05, 3.63) is 34.9 Å². The Labute approximate surface area is 135 Å². The van der Waals surface area contributed by atoms with Crippen LogP contribution in [0.5, 0.6) is 0 Å². The summed E-state index contributed by atoms with van der Waals surface area (Å²) in [6, 6.07) is 7.62. The number of ether oxygens (including phenoxy) is 1. The minimum atomic E-state index is 0.260. The summed E-state index contributed by atoms with van der Waals surface area (Å²) in [6.07, 6.45) is 3.28. The Kier molecular flexibility index (Phi) is 6.42. The van der Waals surface area contributed by atoms with E-state index < -0.39 is 0 Å². The predicted molar refractivity (Wildman–Crippen MR) is 91.0 cm³/mol. The van der Waals surface area contributed by atoms with Crippen molar-refractivity contribution in [3.8, 4) is 0 Å². The number of nitrogens with zero attached hydrogens (tertiary/aromatic N) is 1. The number of hydrogen-bond acceptors (Lipinski definition) is 3. The van der Waals surface area contributed by atoms with Crippen LogP contribution in [0.2, 0.25) is 5.02 Å². The minimum absolute atomic E-state index is 0.260. The number of nitrogens with one attached hydrogen (secondary N) is 2. The molecule has 4 nitrogen and oxygen atoms in total. The highest BCUT2D eigenvalue weighted by molar-refractivity contribution is 7.80. The first-order valence-corrected chi connectivity index (χ1v) is 7.95. The van der Waals surface area contributed by atoms with Gasteiger partial charge in [-0.25, -0.2) is 0 Å². The Balaban J connectivity index is 1.84. The quantitative estimate of drug-likeness (QED) is 0.496. The van der Waals surface area contributed by atoms with Crippen molar-refractivity contribution in [2.75, 3.05) is 13.2 Å². The molecule has 1 fully saturated rings. The van der Waals surface area contributed by atoms with Crippen LogP contribution in [0.15, 0.2) is 29.4 Å². The molecule has 1 aliphatic heterocycles. The van der Waals surface area contributed by atoms with Gasteiger partial charge in [0.2, 0.25) is 0 Å². The topological polar surface area (TPSA) is 45.7 Å². The van der Waals surface area contributed by atoms with Gasteiger partial charge in [-0.2, -0.15) is 5.10 Å². The lowest BCUT2D eigenvalue weighted by Gasteiger charge is -2.12. The van der Waals surface area contributed by atoms with E-state index in [1.54, 1.807) is 0 Å². The molecule has 0 unspecified atom stereocenters. The number of hydrazone groups is 1. The summed E-state index contributed by atoms with van der Waals surface area (Å²) >= 11 is 11.1. The van der Waals surface area contributed by atoms with E-state index in [-0.39, 0.29) is 6.10 Å². The Bertz CT molecular complexity index is 498. The molecule has 2 rings (SSSR count). The molecule has 1 aliphatic rings. The van der Waals surface area contributed by atoms with Crippen LogP contribution < -0.4 is 10.7 Å². The minimum Gasteiger partial charge on any atom is -0.376 e. The average Bonchev–Trinajstić information content (AvgIpc) is 3.01. The molecule has 0 bridgehead atoms. The maximum atomic E-state index is 5.89. The van der Waals surface area contributed by atoms with E-state index in [0.717, 1.165) is 48.7 Å². The van der Waals surface area contributed by atoms with Crippen molar-refractivity contribution < 1.29 is 4.74 Å². The molecule has 0 aliphatic carbocycles. The normalized spacial score (nSPS) is 18.6. The van der Waals surface area contributed by atoms with Crippen LogP contribution in [0.3, 0.4) is 0 Å². The smallest absolute Gasteiger partial charge is 0.187 e. The first-order chi connectivity index (χ1) is 10.2. The van der Waals surface area contributed by atoms with Gasteiger partial charge in [-0.1, -0.05) is 30.7 Å². The fraction of sp³-hybridized carbons (Fsp3) is 0.467. The number of halogens is 1. The third-order valence-corrected chi connectivity index (χ3v) is 3.81. The Morgan fingerprint density at radius 2 is 2.19 bits per heavy atom. The predicted octanol–water partition coefficient (Wildman–Crippen LogP) is 3.10. The van der Waals surface area contributed by atoms with Gasteiger partial charge in [0, 0.05) is 18.2 Å². The van der Waals surface area contributed by atoms with Gasteiger partial charge in [-0.15, -0.1) is 0 Å². The Morgan fingerprint density at radius 1 is 1.43 bits per heavy atom. The van der Waals surface area contributed by atoms with E-state index in [2.05, 4.69) is 22.8 Å². The van der Waals surface area contributed by atoms with Gasteiger partial charge in [0.25, 0.3) is 0 Å². The van der Waals surface area contributed by atoms with Crippen LogP contribution in [-0.2, 0) is 4.74 Å². The Morgan fingerprint density at radius 3 is 2.81 bits per heavy atom. The van der Waals surface area contributed by atoms with Gasteiger partial charge in [0.15, 0.2) is 5.11 Å². The standard InChI is InChI=1S/C15H20ClN3OS/c1-2-14(11-5-7-12(16)8-6-11)18-19-15(21)17-10-13-4-3-9-20-13/h5-8,13H,2-4,9-10H2,1H3,(H2,17,19,21)/b18-14-/t13-/m1/s1. The molecule has 2 N–H and O–H groups in total. The number of thiocarbonyl (C=S) groups is 1. The molecule has 0 radical (unpaired) electrons. The average molecular weight is 326 g/mol. The van der Waals surface area contributed by atoms with E-state index in [1.807, 2.05) is 24.3 Å². The van der Waals surface area contributed by atoms with Gasteiger partial charge < -0.3 is 10.1 Å². The van der Waals surface area contributed by atoms with E-state index in [9.17, 15) is 0 Å². The van der Waals surface area contributed by atoms with Crippen LogP contribution >= 0.6 is 23.8 Å². The van der Waals surface area contributed by atoms with E-state index in [4.69, 9.17) is 28.6 Å². The molecule has 1 saturated heterocycles. The van der Waals surface area contributed by atoms with Crippen LogP contribution in [0.25, 0.3) is 0 Å². The summed E-state index contributed by atoms with van der Waals surface area (Å²) in [6.45, 7) is 3.63. The molecule has 0 spiro atoms. The summed E-state index contributed by atoms with van der Waals surface area (Å²) in [5, 5.41) is 8.74. The van der Waals surface area contributed by atoms with E-state index in [1.165, 1.54) is 0 Å². The van der Waals surface area contributed by atoms with Crippen molar-refractivity contribution in [1.29, 1.82) is 0 Å². The SMILES string of the molecule is CC/C(=N/NC(=S)NC[C@H]1CCCO1)c1ccc(Cl)cc1. The molecule has 0 amide bonds. The summed E-state index contributed by atoms with van der Waals surface area (Å²) in [5.41, 5.74) is 4.87. The van der Waals surface area contributed by atoms with Gasteiger partial charge in [0.1, 0.15) is 0 Å². The molecular formula is C15H20ClN3OS. The molecule has 114 valence electrons. The van der Waals surface area contributed by atoms with Gasteiger partial charge in [0.05, 0.1) is 11.8 Å². The van der Waals surface area contributed by atoms with Gasteiger partial charge in [-0.05, 0) is 49.2 Å². The second-order valence-electron chi connectivity index (χ2n) is 4.88. The zero-order valence-corrected chi connectivity index (χ0v) is 13.6. The second kappa shape index (κ2) is 8.32. The number of rotatable bonds is 5. The summed E-state index contributed by atoms with van der Waals surface area (Å²) < 4.78 is 5.53. The maximum absolute atomic E-state index is 5.89.